The van der Waals surface area contributed by atoms with Crippen LogP contribution in [0.3, 0.4) is 0 Å². The van der Waals surface area contributed by atoms with Gasteiger partial charge in [0.25, 0.3) is 0 Å². The van der Waals surface area contributed by atoms with Gasteiger partial charge in [-0.25, -0.2) is 0 Å². The average Bonchev–Trinajstić information content (AvgIpc) is 2.76. The summed E-state index contributed by atoms with van der Waals surface area (Å²) in [5, 5.41) is 0. The van der Waals surface area contributed by atoms with Gasteiger partial charge in [-0.1, -0.05) is 46.5 Å². The van der Waals surface area contributed by atoms with Crippen molar-refractivity contribution in [3.63, 3.8) is 0 Å². The van der Waals surface area contributed by atoms with E-state index in [2.05, 4.69) is 25.7 Å². The van der Waals surface area contributed by atoms with Crippen molar-refractivity contribution in [2.75, 3.05) is 19.6 Å². The van der Waals surface area contributed by atoms with Crippen LogP contribution in [-0.4, -0.2) is 30.1 Å². The molecule has 0 radical (unpaired) electrons. The Bertz CT molecular complexity index is 313. The summed E-state index contributed by atoms with van der Waals surface area (Å²) in [7, 11) is 0. The SMILES string of the molecule is CCCC1CCCC(CN)(N2CCCC(C)(C)CC2)CC1. The predicted octanol–water partition coefficient (Wildman–Crippen LogP) is 4.58. The third-order valence-corrected chi connectivity index (χ3v) is 6.36. The Balaban J connectivity index is 2.03. The minimum absolute atomic E-state index is 0.322. The first kappa shape index (κ1) is 17.3. The molecule has 2 rings (SSSR count). The molecule has 2 unspecified atom stereocenters. The second-order valence-electron chi connectivity index (χ2n) is 8.52. The number of hydrogen-bond acceptors (Lipinski definition) is 2. The van der Waals surface area contributed by atoms with Crippen molar-refractivity contribution in [1.82, 2.24) is 4.90 Å². The van der Waals surface area contributed by atoms with Crippen LogP contribution in [0.1, 0.15) is 85.0 Å². The standard InChI is InChI=1S/C19H38N2/c1-4-7-17-8-5-11-19(16-20,12-9-17)21-14-6-10-18(2,3)13-15-21/h17H,4-16,20H2,1-3H3. The second kappa shape index (κ2) is 7.46. The van der Waals surface area contributed by atoms with Gasteiger partial charge >= 0.3 is 0 Å². The van der Waals surface area contributed by atoms with Crippen LogP contribution < -0.4 is 5.73 Å². The minimum Gasteiger partial charge on any atom is -0.329 e. The summed E-state index contributed by atoms with van der Waals surface area (Å²) in [5.41, 5.74) is 7.19. The van der Waals surface area contributed by atoms with Gasteiger partial charge in [0.05, 0.1) is 0 Å². The van der Waals surface area contributed by atoms with E-state index in [0.29, 0.717) is 11.0 Å². The van der Waals surface area contributed by atoms with Gasteiger partial charge in [0, 0.05) is 12.1 Å². The Morgan fingerprint density at radius 3 is 2.52 bits per heavy atom. The summed E-state index contributed by atoms with van der Waals surface area (Å²) in [4.78, 5) is 2.80. The molecular formula is C19H38N2. The van der Waals surface area contributed by atoms with Crippen molar-refractivity contribution in [1.29, 1.82) is 0 Å². The van der Waals surface area contributed by atoms with Crippen molar-refractivity contribution >= 4 is 0 Å². The Kier molecular flexibility index (Phi) is 6.14. The molecular weight excluding hydrogens is 256 g/mol. The molecule has 0 spiro atoms. The first-order valence-corrected chi connectivity index (χ1v) is 9.46. The van der Waals surface area contributed by atoms with Crippen LogP contribution in [0.4, 0.5) is 0 Å². The summed E-state index contributed by atoms with van der Waals surface area (Å²) in [6.45, 7) is 10.6. The van der Waals surface area contributed by atoms with Crippen LogP contribution in [0.2, 0.25) is 0 Å². The molecule has 2 N–H and O–H groups in total. The lowest BCUT2D eigenvalue weighted by Gasteiger charge is -2.43. The molecule has 0 amide bonds. The normalized spacial score (nSPS) is 35.1. The Morgan fingerprint density at radius 2 is 1.81 bits per heavy atom. The molecule has 1 aliphatic carbocycles. The number of nitrogens with two attached hydrogens (primary N) is 1. The van der Waals surface area contributed by atoms with Gasteiger partial charge in [0.1, 0.15) is 0 Å². The minimum atomic E-state index is 0.322. The van der Waals surface area contributed by atoms with E-state index >= 15 is 0 Å². The van der Waals surface area contributed by atoms with Crippen LogP contribution >= 0.6 is 0 Å². The van der Waals surface area contributed by atoms with E-state index in [-0.39, 0.29) is 0 Å². The van der Waals surface area contributed by atoms with E-state index in [0.717, 1.165) is 12.5 Å². The molecule has 2 aliphatic rings. The molecule has 21 heavy (non-hydrogen) atoms. The molecule has 0 bridgehead atoms. The van der Waals surface area contributed by atoms with Crippen LogP contribution in [-0.2, 0) is 0 Å². The molecule has 2 fully saturated rings. The molecule has 1 heterocycles. The molecule has 0 aromatic heterocycles. The van der Waals surface area contributed by atoms with Gasteiger partial charge in [-0.05, 0) is 62.9 Å². The van der Waals surface area contributed by atoms with Crippen LogP contribution in [0, 0.1) is 11.3 Å². The summed E-state index contributed by atoms with van der Waals surface area (Å²) in [6, 6.07) is 0. The molecule has 1 aliphatic heterocycles. The lowest BCUT2D eigenvalue weighted by atomic mass is 9.85. The molecule has 1 saturated carbocycles. The maximum atomic E-state index is 6.33. The number of hydrogen-bond donors (Lipinski definition) is 1. The molecule has 0 aromatic rings. The summed E-state index contributed by atoms with van der Waals surface area (Å²) in [6.07, 6.45) is 13.8. The maximum absolute atomic E-state index is 6.33. The summed E-state index contributed by atoms with van der Waals surface area (Å²) < 4.78 is 0. The van der Waals surface area contributed by atoms with Gasteiger partial charge in [-0.15, -0.1) is 0 Å². The molecule has 2 nitrogen and oxygen atoms in total. The fraction of sp³-hybridized carbons (Fsp3) is 1.00. The average molecular weight is 295 g/mol. The van der Waals surface area contributed by atoms with Crippen LogP contribution in [0.25, 0.3) is 0 Å². The first-order chi connectivity index (χ1) is 10.0. The highest BCUT2D eigenvalue weighted by atomic mass is 15.2. The monoisotopic (exact) mass is 294 g/mol. The van der Waals surface area contributed by atoms with Crippen molar-refractivity contribution in [2.45, 2.75) is 90.5 Å². The van der Waals surface area contributed by atoms with E-state index in [1.165, 1.54) is 77.3 Å². The predicted molar refractivity (Wildman–Crippen MR) is 92.5 cm³/mol. The molecule has 2 atom stereocenters. The van der Waals surface area contributed by atoms with Gasteiger partial charge in [-0.2, -0.15) is 0 Å². The van der Waals surface area contributed by atoms with Crippen LogP contribution in [0.5, 0.6) is 0 Å². The Labute approximate surface area is 132 Å². The van der Waals surface area contributed by atoms with E-state index in [1.54, 1.807) is 0 Å². The lowest BCUT2D eigenvalue weighted by molar-refractivity contribution is 0.0773. The van der Waals surface area contributed by atoms with Crippen molar-refractivity contribution in [3.05, 3.63) is 0 Å². The smallest absolute Gasteiger partial charge is 0.0331 e. The molecule has 124 valence electrons. The Hall–Kier alpha value is -0.0800. The van der Waals surface area contributed by atoms with Gasteiger partial charge < -0.3 is 5.73 Å². The van der Waals surface area contributed by atoms with Crippen molar-refractivity contribution < 1.29 is 0 Å². The highest BCUT2D eigenvalue weighted by Gasteiger charge is 2.38. The molecule has 1 saturated heterocycles. The topological polar surface area (TPSA) is 29.3 Å². The number of likely N-dealkylation sites (tertiary alicyclic amines) is 1. The lowest BCUT2D eigenvalue weighted by Crippen LogP contribution is -2.54. The maximum Gasteiger partial charge on any atom is 0.0331 e. The third-order valence-electron chi connectivity index (χ3n) is 6.36. The van der Waals surface area contributed by atoms with Crippen LogP contribution in [0.15, 0.2) is 0 Å². The second-order valence-corrected chi connectivity index (χ2v) is 8.52. The van der Waals surface area contributed by atoms with E-state index in [9.17, 15) is 0 Å². The highest BCUT2D eigenvalue weighted by molar-refractivity contribution is 4.96. The Morgan fingerprint density at radius 1 is 1.00 bits per heavy atom. The number of nitrogens with zero attached hydrogens (tertiary/aromatic N) is 1. The molecule has 2 heteroatoms. The van der Waals surface area contributed by atoms with E-state index < -0.39 is 0 Å². The quantitative estimate of drug-likeness (QED) is 0.769. The third kappa shape index (κ3) is 4.45. The first-order valence-electron chi connectivity index (χ1n) is 9.46. The summed E-state index contributed by atoms with van der Waals surface area (Å²) >= 11 is 0. The van der Waals surface area contributed by atoms with Gasteiger partial charge in [0.2, 0.25) is 0 Å². The fourth-order valence-electron chi connectivity index (χ4n) is 4.71. The van der Waals surface area contributed by atoms with Crippen molar-refractivity contribution in [2.24, 2.45) is 17.1 Å². The largest absolute Gasteiger partial charge is 0.329 e. The van der Waals surface area contributed by atoms with Gasteiger partial charge in [0.15, 0.2) is 0 Å². The number of rotatable bonds is 4. The zero-order valence-electron chi connectivity index (χ0n) is 14.8. The fourth-order valence-corrected chi connectivity index (χ4v) is 4.71. The van der Waals surface area contributed by atoms with Gasteiger partial charge in [-0.3, -0.25) is 4.90 Å². The van der Waals surface area contributed by atoms with E-state index in [1.807, 2.05) is 0 Å². The van der Waals surface area contributed by atoms with E-state index in [4.69, 9.17) is 5.73 Å². The molecule has 0 aromatic carbocycles. The zero-order chi connectivity index (χ0) is 15.3. The highest BCUT2D eigenvalue weighted by Crippen LogP contribution is 2.39. The summed E-state index contributed by atoms with van der Waals surface area (Å²) in [5.74, 6) is 0.965. The zero-order valence-corrected chi connectivity index (χ0v) is 14.8. The van der Waals surface area contributed by atoms with Crippen molar-refractivity contribution in [3.8, 4) is 0 Å².